The zero-order valence-electron chi connectivity index (χ0n) is 9.15. The van der Waals surface area contributed by atoms with Crippen LogP contribution < -0.4 is 4.18 Å². The van der Waals surface area contributed by atoms with Crippen molar-refractivity contribution in [3.63, 3.8) is 0 Å². The van der Waals surface area contributed by atoms with Gasteiger partial charge in [-0.3, -0.25) is 0 Å². The van der Waals surface area contributed by atoms with E-state index in [1.54, 1.807) is 6.07 Å². The maximum Gasteiger partial charge on any atom is 0.534 e. The summed E-state index contributed by atoms with van der Waals surface area (Å²) in [5.74, 6) is -0.824. The van der Waals surface area contributed by atoms with Crippen LogP contribution in [0.2, 0.25) is 5.02 Å². The van der Waals surface area contributed by atoms with Crippen LogP contribution in [0.4, 0.5) is 13.2 Å². The van der Waals surface area contributed by atoms with E-state index >= 15 is 0 Å². The monoisotopic (exact) mass is 390 g/mol. The first-order valence-electron chi connectivity index (χ1n) is 4.73. The summed E-state index contributed by atoms with van der Waals surface area (Å²) in [5, 5.41) is 0.0739. The van der Waals surface area contributed by atoms with Crippen molar-refractivity contribution < 1.29 is 25.8 Å². The van der Waals surface area contributed by atoms with Gasteiger partial charge in [0.1, 0.15) is 5.52 Å². The molecule has 0 saturated carbocycles. The second-order valence-corrected chi connectivity index (χ2v) is 6.19. The molecule has 0 aliphatic carbocycles. The minimum atomic E-state index is -5.80. The topological polar surface area (TPSA) is 69.2 Å². The molecule has 0 spiro atoms. The van der Waals surface area contributed by atoms with Crippen molar-refractivity contribution >= 4 is 48.7 Å². The van der Waals surface area contributed by atoms with Gasteiger partial charge in [-0.15, -0.1) is 0 Å². The summed E-state index contributed by atoms with van der Waals surface area (Å²) < 4.78 is 62.5. The molecule has 0 aliphatic heterocycles. The van der Waals surface area contributed by atoms with Crippen molar-refractivity contribution in [2.24, 2.45) is 0 Å². The van der Waals surface area contributed by atoms with Gasteiger partial charge < -0.3 is 4.18 Å². The van der Waals surface area contributed by atoms with Crippen LogP contribution in [0.1, 0.15) is 0 Å². The number of hydrogen-bond acceptors (Lipinski definition) is 5. The minimum Gasteiger partial charge on any atom is -0.354 e. The molecule has 0 bridgehead atoms. The summed E-state index contributed by atoms with van der Waals surface area (Å²) >= 11 is 8.98. The molecule has 1 aromatic heterocycles. The third-order valence-electron chi connectivity index (χ3n) is 2.06. The van der Waals surface area contributed by atoms with Crippen molar-refractivity contribution in [1.82, 2.24) is 9.97 Å². The highest BCUT2D eigenvalue weighted by atomic mass is 79.9. The summed E-state index contributed by atoms with van der Waals surface area (Å²) in [5.41, 5.74) is -5.27. The lowest BCUT2D eigenvalue weighted by atomic mass is 10.3. The van der Waals surface area contributed by atoms with Crippen LogP contribution >= 0.6 is 27.5 Å². The fourth-order valence-corrected chi connectivity index (χ4v) is 2.13. The summed E-state index contributed by atoms with van der Waals surface area (Å²) in [6.07, 6.45) is 0.760. The zero-order valence-corrected chi connectivity index (χ0v) is 12.3. The normalized spacial score (nSPS) is 12.7. The van der Waals surface area contributed by atoms with Gasteiger partial charge in [0, 0.05) is 4.47 Å². The predicted molar refractivity (Wildman–Crippen MR) is 67.9 cm³/mol. The highest BCUT2D eigenvalue weighted by Gasteiger charge is 2.48. The molecule has 0 amide bonds. The van der Waals surface area contributed by atoms with E-state index in [0.29, 0.717) is 4.47 Å². The number of fused-ring (bicyclic) bond motifs is 1. The lowest BCUT2D eigenvalue weighted by Crippen LogP contribution is -2.28. The summed E-state index contributed by atoms with van der Waals surface area (Å²) in [6, 6.07) is 3.06. The summed E-state index contributed by atoms with van der Waals surface area (Å²) in [7, 11) is -5.80. The summed E-state index contributed by atoms with van der Waals surface area (Å²) in [6.45, 7) is 0. The Balaban J connectivity index is 2.51. The lowest BCUT2D eigenvalue weighted by molar-refractivity contribution is -0.0501. The van der Waals surface area contributed by atoms with Gasteiger partial charge in [0.05, 0.1) is 16.7 Å². The number of rotatable bonds is 2. The van der Waals surface area contributed by atoms with E-state index in [1.807, 2.05) is 0 Å². The van der Waals surface area contributed by atoms with Gasteiger partial charge in [-0.2, -0.15) is 21.6 Å². The Morgan fingerprint density at radius 2 is 1.95 bits per heavy atom. The molecule has 0 radical (unpaired) electrons. The van der Waals surface area contributed by atoms with Crippen LogP contribution in [0.5, 0.6) is 5.88 Å². The molecule has 108 valence electrons. The largest absolute Gasteiger partial charge is 0.534 e. The van der Waals surface area contributed by atoms with E-state index in [0.717, 1.165) is 6.20 Å². The molecule has 2 rings (SSSR count). The first-order valence-corrected chi connectivity index (χ1v) is 7.31. The fraction of sp³-hybridized carbons (Fsp3) is 0.111. The molecule has 11 heteroatoms. The number of nitrogens with zero attached hydrogens (tertiary/aromatic N) is 2. The molecule has 0 unspecified atom stereocenters. The Bertz CT molecular complexity index is 782. The average Bonchev–Trinajstić information content (AvgIpc) is 2.32. The van der Waals surface area contributed by atoms with Gasteiger partial charge >= 0.3 is 15.6 Å². The van der Waals surface area contributed by atoms with Gasteiger partial charge in [-0.05, 0) is 28.1 Å². The van der Waals surface area contributed by atoms with E-state index in [4.69, 9.17) is 11.6 Å². The van der Waals surface area contributed by atoms with Crippen LogP contribution in [0.25, 0.3) is 11.0 Å². The van der Waals surface area contributed by atoms with Crippen LogP contribution in [-0.2, 0) is 10.1 Å². The maximum atomic E-state index is 12.2. The zero-order chi connectivity index (χ0) is 15.1. The first-order chi connectivity index (χ1) is 9.12. The molecular weight excluding hydrogens is 389 g/mol. The van der Waals surface area contributed by atoms with E-state index in [1.165, 1.54) is 6.07 Å². The molecule has 0 N–H and O–H groups in total. The number of halogens is 5. The molecule has 0 aliphatic rings. The third kappa shape index (κ3) is 2.81. The molecule has 0 atom stereocenters. The SMILES string of the molecule is O=S(=O)(Oc1cnc2ccc(Br)c(Cl)c2n1)C(F)(F)F. The van der Waals surface area contributed by atoms with Crippen molar-refractivity contribution in [2.45, 2.75) is 5.51 Å². The standard InChI is InChI=1S/C9H3BrClF3N2O3S/c10-4-1-2-5-8(7(4)11)16-6(3-15-5)19-20(17,18)9(12,13)14/h1-3H. The fourth-order valence-electron chi connectivity index (χ4n) is 1.20. The van der Waals surface area contributed by atoms with Gasteiger partial charge in [0.25, 0.3) is 5.88 Å². The van der Waals surface area contributed by atoms with Crippen LogP contribution in [-0.4, -0.2) is 23.9 Å². The molecule has 2 aromatic rings. The van der Waals surface area contributed by atoms with Gasteiger partial charge in [-0.25, -0.2) is 9.97 Å². The molecule has 0 fully saturated rings. The highest BCUT2D eigenvalue weighted by Crippen LogP contribution is 2.31. The lowest BCUT2D eigenvalue weighted by Gasteiger charge is -2.09. The Morgan fingerprint density at radius 1 is 1.30 bits per heavy atom. The maximum absolute atomic E-state index is 12.2. The van der Waals surface area contributed by atoms with E-state index in [9.17, 15) is 21.6 Å². The van der Waals surface area contributed by atoms with Gasteiger partial charge in [0.15, 0.2) is 0 Å². The van der Waals surface area contributed by atoms with Crippen molar-refractivity contribution in [2.75, 3.05) is 0 Å². The molecule has 0 saturated heterocycles. The highest BCUT2D eigenvalue weighted by molar-refractivity contribution is 9.10. The van der Waals surface area contributed by atoms with Gasteiger partial charge in [0.2, 0.25) is 0 Å². The van der Waals surface area contributed by atoms with E-state index in [-0.39, 0.29) is 16.1 Å². The predicted octanol–water partition coefficient (Wildman–Crippen LogP) is 3.27. The molecule has 20 heavy (non-hydrogen) atoms. The quantitative estimate of drug-likeness (QED) is 0.580. The second-order valence-electron chi connectivity index (χ2n) is 3.42. The minimum absolute atomic E-state index is 0.0101. The number of alkyl halides is 3. The summed E-state index contributed by atoms with van der Waals surface area (Å²) in [4.78, 5) is 7.33. The van der Waals surface area contributed by atoms with Gasteiger partial charge in [-0.1, -0.05) is 11.6 Å². The Morgan fingerprint density at radius 3 is 2.55 bits per heavy atom. The smallest absolute Gasteiger partial charge is 0.354 e. The Labute approximate surface area is 124 Å². The number of aromatic nitrogens is 2. The van der Waals surface area contributed by atoms with Crippen molar-refractivity contribution in [1.29, 1.82) is 0 Å². The third-order valence-corrected chi connectivity index (χ3v) is 4.29. The van der Waals surface area contributed by atoms with Crippen LogP contribution in [0, 0.1) is 0 Å². The van der Waals surface area contributed by atoms with E-state index < -0.39 is 21.5 Å². The average molecular weight is 392 g/mol. The number of hydrogen-bond donors (Lipinski definition) is 0. The van der Waals surface area contributed by atoms with Crippen LogP contribution in [0.15, 0.2) is 22.8 Å². The first kappa shape index (κ1) is 15.3. The Kier molecular flexibility index (Phi) is 3.82. The Hall–Kier alpha value is -1.13. The van der Waals surface area contributed by atoms with Crippen LogP contribution in [0.3, 0.4) is 0 Å². The molecular formula is C9H3BrClF3N2O3S. The molecule has 5 nitrogen and oxygen atoms in total. The second kappa shape index (κ2) is 5.01. The van der Waals surface area contributed by atoms with Crippen molar-refractivity contribution in [3.8, 4) is 5.88 Å². The number of benzene rings is 1. The van der Waals surface area contributed by atoms with Crippen molar-refractivity contribution in [3.05, 3.63) is 27.8 Å². The molecule has 1 aromatic carbocycles. The van der Waals surface area contributed by atoms with E-state index in [2.05, 4.69) is 30.1 Å². The molecule has 1 heterocycles.